The van der Waals surface area contributed by atoms with E-state index in [1.165, 1.54) is 120 Å². The molecule has 8 heterocycles. The quantitative estimate of drug-likeness (QED) is 0.134. The molecule has 0 N–H and O–H groups in total. The van der Waals surface area contributed by atoms with Crippen LogP contribution in [0.2, 0.25) is 0 Å². The monoisotopic (exact) mass is 1660 g/mol. The van der Waals surface area contributed by atoms with Gasteiger partial charge in [0.1, 0.15) is 5.58 Å². The van der Waals surface area contributed by atoms with Crippen molar-refractivity contribution >= 4 is 192 Å². The van der Waals surface area contributed by atoms with Crippen LogP contribution in [0.25, 0.3) is 260 Å². The molecule has 8 aromatic heterocycles. The summed E-state index contributed by atoms with van der Waals surface area (Å²) < 4.78 is 19.2. The van der Waals surface area contributed by atoms with Crippen molar-refractivity contribution < 1.29 is 4.42 Å². The van der Waals surface area contributed by atoms with Gasteiger partial charge in [0, 0.05) is 133 Å². The Hall–Kier alpha value is -16.0. The first-order chi connectivity index (χ1) is 62.4. The topological polar surface area (TPSA) is 100 Å². The number of hydrogen-bond acceptors (Lipinski definition) is 10. The van der Waals surface area contributed by atoms with Crippen molar-refractivity contribution in [1.82, 2.24) is 39.0 Å². The maximum absolute atomic E-state index is 6.77. The number of fused-ring (bicyclic) bond motifs is 27. The standard InChI is InChI=1S/C59H34N4S2.C55H32N4OS/c1-2-13-35(14-3-1)36-25-27-38(28-26-36)57-60-58(62-59(61-57)45-22-12-16-37-15-4-5-17-41(37)45)39-29-31-42-48-34-40(30-32-51(48)64-52(42)33-39)63-49-23-10-8-20-46(49)53-43-18-6-7-19-44(43)54-47-21-9-11-24-50(47)65-56(54)55(53)63;1-2-12-35(13-3-1)53-56-54(58-55(57-53)37-28-31-48-44(32-37)39-14-8-11-21-47(39)61-48)36-24-22-33(23-25-36)34-26-29-38(30-27-34)59-45-19-9-6-17-42(45)49-40-15-4-5-16-41(40)50-43-18-7-10-20-46(43)60-52(50)51(49)59/h1-34H;1-32H. The van der Waals surface area contributed by atoms with Crippen molar-refractivity contribution in [2.75, 3.05) is 0 Å². The molecule has 0 unspecified atom stereocenters. The van der Waals surface area contributed by atoms with Gasteiger partial charge in [0.25, 0.3) is 0 Å². The number of hydrogen-bond donors (Lipinski definition) is 0. The molecule has 126 heavy (non-hydrogen) atoms. The highest BCUT2D eigenvalue weighted by atomic mass is 32.1. The summed E-state index contributed by atoms with van der Waals surface area (Å²) in [5.41, 5.74) is 19.0. The van der Waals surface area contributed by atoms with Gasteiger partial charge in [-0.15, -0.1) is 34.0 Å². The van der Waals surface area contributed by atoms with E-state index >= 15 is 0 Å². The second kappa shape index (κ2) is 28.9. The van der Waals surface area contributed by atoms with Gasteiger partial charge in [-0.25, -0.2) is 29.9 Å². The minimum Gasteiger partial charge on any atom is -0.454 e. The maximum Gasteiger partial charge on any atom is 0.164 e. The Morgan fingerprint density at radius 2 is 0.595 bits per heavy atom. The Morgan fingerprint density at radius 1 is 0.206 bits per heavy atom. The third kappa shape index (κ3) is 11.6. The second-order valence-corrected chi connectivity index (χ2v) is 35.4. The predicted molar refractivity (Wildman–Crippen MR) is 530 cm³/mol. The van der Waals surface area contributed by atoms with Crippen molar-refractivity contribution in [2.24, 2.45) is 0 Å². The Balaban J connectivity index is 0.000000134. The Kier molecular flexibility index (Phi) is 16.4. The fourth-order valence-corrected chi connectivity index (χ4v) is 22.8. The first-order valence-electron chi connectivity index (χ1n) is 42.3. The van der Waals surface area contributed by atoms with Crippen molar-refractivity contribution in [3.05, 3.63) is 400 Å². The molecule has 9 nitrogen and oxygen atoms in total. The van der Waals surface area contributed by atoms with Crippen LogP contribution >= 0.6 is 34.0 Å². The van der Waals surface area contributed by atoms with E-state index in [0.717, 1.165) is 105 Å². The fraction of sp³-hybridized carbons (Fsp3) is 0. The Bertz CT molecular complexity index is 9160. The summed E-state index contributed by atoms with van der Waals surface area (Å²) in [6, 6.07) is 143. The van der Waals surface area contributed by atoms with E-state index in [0.29, 0.717) is 34.9 Å². The van der Waals surface area contributed by atoms with Gasteiger partial charge in [0.05, 0.1) is 26.8 Å². The molecule has 0 radical (unpaired) electrons. The number of thiophene rings is 3. The molecule has 586 valence electrons. The van der Waals surface area contributed by atoms with E-state index in [1.807, 2.05) is 76.5 Å². The minimum absolute atomic E-state index is 0.636. The van der Waals surface area contributed by atoms with Gasteiger partial charge in [-0.05, 0) is 140 Å². The van der Waals surface area contributed by atoms with Crippen LogP contribution in [0.15, 0.2) is 405 Å². The van der Waals surface area contributed by atoms with E-state index in [1.54, 1.807) is 0 Å². The molecule has 0 bridgehead atoms. The highest BCUT2D eigenvalue weighted by molar-refractivity contribution is 7.27. The molecule has 0 saturated carbocycles. The van der Waals surface area contributed by atoms with Crippen LogP contribution in [-0.2, 0) is 0 Å². The minimum atomic E-state index is 0.636. The number of benzene rings is 19. The lowest BCUT2D eigenvalue weighted by Crippen LogP contribution is -2.00. The number of furan rings is 1. The summed E-state index contributed by atoms with van der Waals surface area (Å²) in [4.78, 5) is 30.7. The van der Waals surface area contributed by atoms with Crippen molar-refractivity contribution in [2.45, 2.75) is 0 Å². The smallest absolute Gasteiger partial charge is 0.164 e. The van der Waals surface area contributed by atoms with Gasteiger partial charge in [-0.2, -0.15) is 0 Å². The number of para-hydroxylation sites is 3. The number of aromatic nitrogens is 8. The van der Waals surface area contributed by atoms with Gasteiger partial charge in [0.2, 0.25) is 0 Å². The summed E-state index contributed by atoms with van der Waals surface area (Å²) >= 11 is 5.52. The van der Waals surface area contributed by atoms with Crippen molar-refractivity contribution in [3.8, 4) is 102 Å². The summed E-state index contributed by atoms with van der Waals surface area (Å²) in [6.45, 7) is 0. The lowest BCUT2D eigenvalue weighted by atomic mass is 9.99. The van der Waals surface area contributed by atoms with Gasteiger partial charge in [0.15, 0.2) is 40.5 Å². The first-order valence-corrected chi connectivity index (χ1v) is 44.7. The van der Waals surface area contributed by atoms with Gasteiger partial charge >= 0.3 is 0 Å². The highest BCUT2D eigenvalue weighted by Crippen LogP contribution is 2.51. The van der Waals surface area contributed by atoms with Crippen molar-refractivity contribution in [3.63, 3.8) is 0 Å². The third-order valence-corrected chi connectivity index (χ3v) is 28.6. The number of nitrogens with zero attached hydrogens (tertiary/aromatic N) is 8. The molecule has 0 saturated heterocycles. The molecule has 0 fully saturated rings. The van der Waals surface area contributed by atoms with Crippen LogP contribution in [0.5, 0.6) is 0 Å². The van der Waals surface area contributed by atoms with Crippen LogP contribution < -0.4 is 0 Å². The molecule has 0 aliphatic heterocycles. The zero-order chi connectivity index (χ0) is 82.6. The van der Waals surface area contributed by atoms with Crippen LogP contribution in [0, 0.1) is 0 Å². The maximum atomic E-state index is 6.77. The first kappa shape index (κ1) is 71.7. The molecule has 0 amide bonds. The average Bonchev–Trinajstić information content (AvgIpc) is 1.54. The summed E-state index contributed by atoms with van der Waals surface area (Å²) in [5, 5.41) is 22.1. The molecule has 19 aromatic carbocycles. The van der Waals surface area contributed by atoms with E-state index in [-0.39, 0.29) is 0 Å². The zero-order valence-electron chi connectivity index (χ0n) is 67.3. The van der Waals surface area contributed by atoms with Gasteiger partial charge in [-0.3, -0.25) is 0 Å². The van der Waals surface area contributed by atoms with Crippen LogP contribution in [0.3, 0.4) is 0 Å². The zero-order valence-corrected chi connectivity index (χ0v) is 69.8. The Morgan fingerprint density at radius 3 is 1.24 bits per heavy atom. The molecule has 0 aliphatic carbocycles. The van der Waals surface area contributed by atoms with E-state index in [9.17, 15) is 0 Å². The molecular weight excluding hydrogens is 1590 g/mol. The van der Waals surface area contributed by atoms with Crippen LogP contribution in [-0.4, -0.2) is 39.0 Å². The Labute approximate surface area is 732 Å². The lowest BCUT2D eigenvalue weighted by Gasteiger charge is -2.11. The molecule has 27 rings (SSSR count). The predicted octanol–water partition coefficient (Wildman–Crippen LogP) is 31.7. The van der Waals surface area contributed by atoms with Crippen LogP contribution in [0.1, 0.15) is 0 Å². The summed E-state index contributed by atoms with van der Waals surface area (Å²) in [6.07, 6.45) is 0. The van der Waals surface area contributed by atoms with Gasteiger partial charge in [-0.1, -0.05) is 315 Å². The fourth-order valence-electron chi connectivity index (χ4n) is 19.3. The van der Waals surface area contributed by atoms with Crippen molar-refractivity contribution in [1.29, 1.82) is 0 Å². The third-order valence-electron chi connectivity index (χ3n) is 25.1. The SMILES string of the molecule is c1ccc(-c2ccc(-c3nc(-c4ccc5c(c4)sc4ccc(-n6c7ccccc7c7c8ccccc8c8c9ccccc9sc8c76)cc45)nc(-c4cccc5ccccc45)n3)cc2)cc1.c1ccc(-c2nc(-c3ccc(-c4ccc(-n5c6ccccc6c6c7ccccc7c7c8ccccc8oc7c65)cc4)cc3)nc(-c3ccc4sc5ccccc5c4c3)n2)cc1. The molecule has 0 atom stereocenters. The van der Waals surface area contributed by atoms with E-state index < -0.39 is 0 Å². The summed E-state index contributed by atoms with van der Waals surface area (Å²) in [7, 11) is 0. The lowest BCUT2D eigenvalue weighted by molar-refractivity contribution is 0.671. The van der Waals surface area contributed by atoms with E-state index in [4.69, 9.17) is 34.3 Å². The average molecular weight is 1660 g/mol. The van der Waals surface area contributed by atoms with Crippen LogP contribution in [0.4, 0.5) is 0 Å². The molecule has 0 aliphatic rings. The van der Waals surface area contributed by atoms with E-state index in [2.05, 4.69) is 367 Å². The molecule has 0 spiro atoms. The second-order valence-electron chi connectivity index (χ2n) is 32.2. The largest absolute Gasteiger partial charge is 0.454 e. The molecular formula is C114H66N8OS3. The molecule has 27 aromatic rings. The summed E-state index contributed by atoms with van der Waals surface area (Å²) in [5.74, 6) is 3.88. The van der Waals surface area contributed by atoms with Gasteiger partial charge < -0.3 is 13.6 Å². The highest BCUT2D eigenvalue weighted by Gasteiger charge is 2.27. The molecule has 12 heteroatoms. The number of rotatable bonds is 10. The normalized spacial score (nSPS) is 12.0.